The van der Waals surface area contributed by atoms with E-state index in [4.69, 9.17) is 11.6 Å². The number of benzene rings is 2. The maximum absolute atomic E-state index is 13.9. The second-order valence-corrected chi connectivity index (χ2v) is 7.38. The van der Waals surface area contributed by atoms with Gasteiger partial charge in [0.1, 0.15) is 5.82 Å². The molecule has 0 saturated carbocycles. The van der Waals surface area contributed by atoms with Gasteiger partial charge in [0.05, 0.1) is 12.1 Å². The first-order chi connectivity index (χ1) is 14.1. The van der Waals surface area contributed by atoms with E-state index >= 15 is 0 Å². The van der Waals surface area contributed by atoms with Crippen molar-refractivity contribution < 1.29 is 9.18 Å². The minimum Gasteiger partial charge on any atom is -0.355 e. The molecule has 2 heterocycles. The highest BCUT2D eigenvalue weighted by Crippen LogP contribution is 2.24. The summed E-state index contributed by atoms with van der Waals surface area (Å²) >= 11 is 6.00. The quantitative estimate of drug-likeness (QED) is 0.661. The Morgan fingerprint density at radius 3 is 2.59 bits per heavy atom. The van der Waals surface area contributed by atoms with E-state index in [2.05, 4.69) is 20.4 Å². The van der Waals surface area contributed by atoms with Crippen LogP contribution in [0, 0.1) is 5.82 Å². The molecule has 5 nitrogen and oxygen atoms in total. The van der Waals surface area contributed by atoms with Crippen LogP contribution in [0.1, 0.15) is 18.4 Å². The van der Waals surface area contributed by atoms with Crippen molar-refractivity contribution in [2.24, 2.45) is 0 Å². The Morgan fingerprint density at radius 1 is 1.07 bits per heavy atom. The maximum atomic E-state index is 13.9. The molecule has 0 unspecified atom stereocenters. The number of nitrogens with one attached hydrogen (secondary N) is 1. The Labute approximate surface area is 173 Å². The van der Waals surface area contributed by atoms with Crippen LogP contribution < -0.4 is 10.2 Å². The molecule has 2 aromatic carbocycles. The Morgan fingerprint density at radius 2 is 1.86 bits per heavy atom. The van der Waals surface area contributed by atoms with E-state index in [0.717, 1.165) is 30.2 Å². The molecular weight excluding hydrogens is 391 g/mol. The van der Waals surface area contributed by atoms with E-state index in [1.54, 1.807) is 12.1 Å². The van der Waals surface area contributed by atoms with Gasteiger partial charge in [0.15, 0.2) is 5.82 Å². The third-order valence-corrected chi connectivity index (χ3v) is 5.28. The minimum absolute atomic E-state index is 0.139. The van der Waals surface area contributed by atoms with Gasteiger partial charge in [0, 0.05) is 34.9 Å². The summed E-state index contributed by atoms with van der Waals surface area (Å²) in [6.07, 6.45) is 2.23. The van der Waals surface area contributed by atoms with Gasteiger partial charge in [-0.3, -0.25) is 4.79 Å². The van der Waals surface area contributed by atoms with Gasteiger partial charge in [-0.05, 0) is 49.2 Å². The molecule has 1 amide bonds. The molecule has 148 valence electrons. The van der Waals surface area contributed by atoms with Crippen molar-refractivity contribution in [1.82, 2.24) is 10.2 Å². The number of carbonyl (C=O) groups is 1. The molecule has 4 rings (SSSR count). The van der Waals surface area contributed by atoms with Crippen LogP contribution in [0.25, 0.3) is 11.3 Å². The molecule has 1 N–H and O–H groups in total. The van der Waals surface area contributed by atoms with E-state index in [9.17, 15) is 9.18 Å². The third-order valence-electron chi connectivity index (χ3n) is 4.92. The average Bonchev–Trinajstić information content (AvgIpc) is 3.26. The topological polar surface area (TPSA) is 58.1 Å². The van der Waals surface area contributed by atoms with Gasteiger partial charge >= 0.3 is 0 Å². The first-order valence-corrected chi connectivity index (χ1v) is 9.90. The van der Waals surface area contributed by atoms with Crippen molar-refractivity contribution >= 4 is 29.0 Å². The van der Waals surface area contributed by atoms with Crippen molar-refractivity contribution in [3.05, 3.63) is 71.0 Å². The molecule has 1 aromatic heterocycles. The number of halogens is 2. The van der Waals surface area contributed by atoms with Crippen LogP contribution in [-0.4, -0.2) is 29.2 Å². The van der Waals surface area contributed by atoms with Gasteiger partial charge in [-0.1, -0.05) is 29.8 Å². The van der Waals surface area contributed by atoms with Crippen LogP contribution in [0.5, 0.6) is 0 Å². The fourth-order valence-electron chi connectivity index (χ4n) is 3.42. The Kier molecular flexibility index (Phi) is 5.71. The predicted octanol–water partition coefficient (Wildman–Crippen LogP) is 4.72. The Hall–Kier alpha value is -2.99. The van der Waals surface area contributed by atoms with E-state index in [1.165, 1.54) is 25.0 Å². The van der Waals surface area contributed by atoms with Gasteiger partial charge in [0.2, 0.25) is 5.91 Å². The molecule has 1 aliphatic heterocycles. The SMILES string of the molecule is O=C(Cc1c(F)cccc1Cl)Nc1cccc(-c2ccc(N3CCCC3)nn2)c1. The third kappa shape index (κ3) is 4.54. The smallest absolute Gasteiger partial charge is 0.228 e. The second-order valence-electron chi connectivity index (χ2n) is 6.98. The minimum atomic E-state index is -0.491. The molecule has 1 fully saturated rings. The first-order valence-electron chi connectivity index (χ1n) is 9.52. The lowest BCUT2D eigenvalue weighted by Crippen LogP contribution is -2.19. The van der Waals surface area contributed by atoms with E-state index < -0.39 is 5.82 Å². The van der Waals surface area contributed by atoms with Crippen molar-refractivity contribution in [3.63, 3.8) is 0 Å². The summed E-state index contributed by atoms with van der Waals surface area (Å²) in [6.45, 7) is 2.03. The molecule has 0 aliphatic carbocycles. The van der Waals surface area contributed by atoms with Gasteiger partial charge in [-0.15, -0.1) is 10.2 Å². The van der Waals surface area contributed by atoms with Crippen LogP contribution in [-0.2, 0) is 11.2 Å². The zero-order valence-electron chi connectivity index (χ0n) is 15.7. The van der Waals surface area contributed by atoms with E-state index in [-0.39, 0.29) is 22.9 Å². The van der Waals surface area contributed by atoms with Gasteiger partial charge < -0.3 is 10.2 Å². The van der Waals surface area contributed by atoms with Crippen LogP contribution in [0.4, 0.5) is 15.9 Å². The lowest BCUT2D eigenvalue weighted by Gasteiger charge is -2.15. The van der Waals surface area contributed by atoms with Crippen molar-refractivity contribution in [2.45, 2.75) is 19.3 Å². The summed E-state index contributed by atoms with van der Waals surface area (Å²) in [5.74, 6) is 0.0526. The monoisotopic (exact) mass is 410 g/mol. The molecule has 0 spiro atoms. The fourth-order valence-corrected chi connectivity index (χ4v) is 3.65. The number of hydrogen-bond acceptors (Lipinski definition) is 4. The summed E-state index contributed by atoms with van der Waals surface area (Å²) in [4.78, 5) is 14.6. The van der Waals surface area contributed by atoms with Crippen molar-refractivity contribution in [3.8, 4) is 11.3 Å². The van der Waals surface area contributed by atoms with Crippen LogP contribution in [0.3, 0.4) is 0 Å². The lowest BCUT2D eigenvalue weighted by molar-refractivity contribution is -0.115. The average molecular weight is 411 g/mol. The van der Waals surface area contributed by atoms with Crippen molar-refractivity contribution in [1.29, 1.82) is 0 Å². The highest BCUT2D eigenvalue weighted by molar-refractivity contribution is 6.31. The fraction of sp³-hybridized carbons (Fsp3) is 0.227. The maximum Gasteiger partial charge on any atom is 0.228 e. The number of nitrogens with zero attached hydrogens (tertiary/aromatic N) is 3. The van der Waals surface area contributed by atoms with E-state index in [1.807, 2.05) is 30.3 Å². The Balaban J connectivity index is 1.46. The zero-order chi connectivity index (χ0) is 20.2. The molecular formula is C22H20ClFN4O. The highest BCUT2D eigenvalue weighted by Gasteiger charge is 2.15. The van der Waals surface area contributed by atoms with Gasteiger partial charge in [-0.25, -0.2) is 4.39 Å². The summed E-state index contributed by atoms with van der Waals surface area (Å²) in [5, 5.41) is 11.7. The van der Waals surface area contributed by atoms with Gasteiger partial charge in [-0.2, -0.15) is 0 Å². The first kappa shape index (κ1) is 19.3. The summed E-state index contributed by atoms with van der Waals surface area (Å²) in [6, 6.07) is 15.6. The van der Waals surface area contributed by atoms with Gasteiger partial charge in [0.25, 0.3) is 0 Å². The Bertz CT molecular complexity index is 999. The summed E-state index contributed by atoms with van der Waals surface area (Å²) < 4.78 is 13.9. The van der Waals surface area contributed by atoms with Crippen LogP contribution in [0.15, 0.2) is 54.6 Å². The molecule has 3 aromatic rings. The molecule has 29 heavy (non-hydrogen) atoms. The van der Waals surface area contributed by atoms with Crippen molar-refractivity contribution in [2.75, 3.05) is 23.3 Å². The number of aromatic nitrogens is 2. The summed E-state index contributed by atoms with van der Waals surface area (Å²) in [7, 11) is 0. The molecule has 0 atom stereocenters. The number of anilines is 2. The van der Waals surface area contributed by atoms with E-state index in [0.29, 0.717) is 5.69 Å². The number of hydrogen-bond donors (Lipinski definition) is 1. The molecule has 1 saturated heterocycles. The molecule has 0 bridgehead atoms. The molecule has 7 heteroatoms. The predicted molar refractivity (Wildman–Crippen MR) is 113 cm³/mol. The highest BCUT2D eigenvalue weighted by atomic mass is 35.5. The van der Waals surface area contributed by atoms with Crippen LogP contribution in [0.2, 0.25) is 5.02 Å². The molecule has 1 aliphatic rings. The second kappa shape index (κ2) is 8.57. The zero-order valence-corrected chi connectivity index (χ0v) is 16.5. The lowest BCUT2D eigenvalue weighted by atomic mass is 10.1. The number of rotatable bonds is 5. The summed E-state index contributed by atoms with van der Waals surface area (Å²) in [5.41, 5.74) is 2.35. The van der Waals surface area contributed by atoms with Crippen LogP contribution >= 0.6 is 11.6 Å². The number of carbonyl (C=O) groups excluding carboxylic acids is 1. The normalized spacial score (nSPS) is 13.5. The number of amides is 1. The standard InChI is InChI=1S/C22H20ClFN4O/c23-18-7-4-8-19(24)17(18)14-22(29)25-16-6-3-5-15(13-16)20-9-10-21(27-26-20)28-11-1-2-12-28/h3-10,13H,1-2,11-12,14H2,(H,25,29). The molecule has 0 radical (unpaired) electrons. The largest absolute Gasteiger partial charge is 0.355 e.